The van der Waals surface area contributed by atoms with E-state index in [4.69, 9.17) is 5.73 Å². The molecule has 1 atom stereocenters. The molecule has 1 unspecified atom stereocenters. The Morgan fingerprint density at radius 3 is 2.25 bits per heavy atom. The molecule has 2 rings (SSSR count). The van der Waals surface area contributed by atoms with Gasteiger partial charge in [-0.2, -0.15) is 0 Å². The second-order valence-corrected chi connectivity index (χ2v) is 5.22. The van der Waals surface area contributed by atoms with Gasteiger partial charge in [-0.3, -0.25) is 0 Å². The molecule has 0 aromatic heterocycles. The molecule has 0 radical (unpaired) electrons. The monoisotopic (exact) mass is 272 g/mol. The molecule has 0 amide bonds. The van der Waals surface area contributed by atoms with Gasteiger partial charge in [-0.1, -0.05) is 29.8 Å². The van der Waals surface area contributed by atoms with Gasteiger partial charge in [0, 0.05) is 6.54 Å². The minimum atomic E-state index is -0.256. The molecule has 0 aliphatic rings. The van der Waals surface area contributed by atoms with Gasteiger partial charge in [0.05, 0.1) is 11.7 Å². The van der Waals surface area contributed by atoms with E-state index in [-0.39, 0.29) is 11.9 Å². The first kappa shape index (κ1) is 14.5. The summed E-state index contributed by atoms with van der Waals surface area (Å²) in [5.41, 5.74) is 11.1. The molecule has 20 heavy (non-hydrogen) atoms. The molecule has 0 bridgehead atoms. The topological polar surface area (TPSA) is 38.0 Å². The summed E-state index contributed by atoms with van der Waals surface area (Å²) < 4.78 is 13.8. The first-order chi connectivity index (χ1) is 9.52. The Bertz CT molecular complexity index is 585. The molecular formula is C17H21FN2. The highest BCUT2D eigenvalue weighted by Gasteiger charge is 2.16. The van der Waals surface area contributed by atoms with Crippen molar-refractivity contribution in [1.29, 1.82) is 0 Å². The summed E-state index contributed by atoms with van der Waals surface area (Å²) in [6.07, 6.45) is 0. The lowest BCUT2D eigenvalue weighted by Crippen LogP contribution is -2.23. The van der Waals surface area contributed by atoms with Crippen molar-refractivity contribution >= 4 is 5.69 Å². The Kier molecular flexibility index (Phi) is 4.40. The van der Waals surface area contributed by atoms with Crippen molar-refractivity contribution in [1.82, 2.24) is 0 Å². The van der Waals surface area contributed by atoms with Crippen LogP contribution in [-0.2, 0) is 0 Å². The van der Waals surface area contributed by atoms with Gasteiger partial charge in [0.15, 0.2) is 0 Å². The predicted octanol–water partition coefficient (Wildman–Crippen LogP) is 3.86. The molecule has 3 N–H and O–H groups in total. The number of nitrogens with one attached hydrogen (secondary N) is 1. The molecule has 0 heterocycles. The van der Waals surface area contributed by atoms with Gasteiger partial charge in [0.1, 0.15) is 5.82 Å². The molecule has 2 aromatic rings. The van der Waals surface area contributed by atoms with Crippen molar-refractivity contribution in [2.75, 3.05) is 11.9 Å². The highest BCUT2D eigenvalue weighted by molar-refractivity contribution is 5.49. The number of para-hydroxylation sites is 1. The van der Waals surface area contributed by atoms with Crippen molar-refractivity contribution < 1.29 is 4.39 Å². The van der Waals surface area contributed by atoms with E-state index in [0.717, 1.165) is 5.56 Å². The van der Waals surface area contributed by atoms with Gasteiger partial charge < -0.3 is 11.1 Å². The fraction of sp³-hybridized carbons (Fsp3) is 0.294. The Labute approximate surface area is 119 Å². The molecular weight excluding hydrogens is 251 g/mol. The van der Waals surface area contributed by atoms with Crippen LogP contribution < -0.4 is 11.1 Å². The smallest absolute Gasteiger partial charge is 0.146 e. The summed E-state index contributed by atoms with van der Waals surface area (Å²) in [5.74, 6) is -0.256. The molecule has 2 nitrogen and oxygen atoms in total. The average molecular weight is 272 g/mol. The minimum absolute atomic E-state index is 0.0903. The number of rotatable bonds is 4. The third kappa shape index (κ3) is 2.99. The molecule has 0 aliphatic heterocycles. The normalized spacial score (nSPS) is 12.2. The number of nitrogens with two attached hydrogens (primary N) is 1. The largest absolute Gasteiger partial charge is 0.375 e. The number of benzene rings is 2. The van der Waals surface area contributed by atoms with Gasteiger partial charge in [0.2, 0.25) is 0 Å². The van der Waals surface area contributed by atoms with Crippen LogP contribution in [-0.4, -0.2) is 6.54 Å². The minimum Gasteiger partial charge on any atom is -0.375 e. The second kappa shape index (κ2) is 6.06. The van der Waals surface area contributed by atoms with Gasteiger partial charge in [-0.25, -0.2) is 4.39 Å². The van der Waals surface area contributed by atoms with Crippen LogP contribution in [0.4, 0.5) is 10.1 Å². The summed E-state index contributed by atoms with van der Waals surface area (Å²) in [7, 11) is 0. The first-order valence-electron chi connectivity index (χ1n) is 6.81. The van der Waals surface area contributed by atoms with Gasteiger partial charge in [-0.15, -0.1) is 0 Å². The Morgan fingerprint density at radius 1 is 1.10 bits per heavy atom. The highest BCUT2D eigenvalue weighted by Crippen LogP contribution is 2.27. The molecule has 106 valence electrons. The van der Waals surface area contributed by atoms with Crippen molar-refractivity contribution in [3.63, 3.8) is 0 Å². The number of hydrogen-bond acceptors (Lipinski definition) is 2. The van der Waals surface area contributed by atoms with Crippen LogP contribution in [0.25, 0.3) is 0 Å². The number of halogens is 1. The van der Waals surface area contributed by atoms with Crippen molar-refractivity contribution in [2.45, 2.75) is 26.8 Å². The van der Waals surface area contributed by atoms with E-state index < -0.39 is 0 Å². The lowest BCUT2D eigenvalue weighted by atomic mass is 9.94. The van der Waals surface area contributed by atoms with Crippen LogP contribution in [0.2, 0.25) is 0 Å². The molecule has 3 heteroatoms. The van der Waals surface area contributed by atoms with E-state index in [1.165, 1.54) is 22.8 Å². The van der Waals surface area contributed by atoms with Gasteiger partial charge in [-0.05, 0) is 49.6 Å². The van der Waals surface area contributed by atoms with E-state index in [1.807, 2.05) is 6.07 Å². The maximum atomic E-state index is 13.8. The molecule has 0 aliphatic carbocycles. The second-order valence-electron chi connectivity index (χ2n) is 5.22. The van der Waals surface area contributed by atoms with E-state index in [2.05, 4.69) is 38.2 Å². The van der Waals surface area contributed by atoms with E-state index in [0.29, 0.717) is 12.2 Å². The van der Waals surface area contributed by atoms with Gasteiger partial charge >= 0.3 is 0 Å². The maximum absolute atomic E-state index is 13.8. The highest BCUT2D eigenvalue weighted by atomic mass is 19.1. The summed E-state index contributed by atoms with van der Waals surface area (Å²) in [5, 5.41) is 3.21. The van der Waals surface area contributed by atoms with E-state index in [1.54, 1.807) is 12.1 Å². The average Bonchev–Trinajstić information content (AvgIpc) is 2.38. The standard InChI is InChI=1S/C17H21FN2/c1-11-8-12(2)17(13(3)9-11)16(10-19)20-15-7-5-4-6-14(15)18/h4-9,16,20H,10,19H2,1-3H3. The van der Waals surface area contributed by atoms with Crippen LogP contribution in [0.1, 0.15) is 28.3 Å². The number of anilines is 1. The molecule has 0 saturated carbocycles. The van der Waals surface area contributed by atoms with Crippen LogP contribution in [0.15, 0.2) is 36.4 Å². The summed E-state index contributed by atoms with van der Waals surface area (Å²) in [4.78, 5) is 0. The van der Waals surface area contributed by atoms with Crippen LogP contribution in [0, 0.1) is 26.6 Å². The predicted molar refractivity (Wildman–Crippen MR) is 82.5 cm³/mol. The fourth-order valence-electron chi connectivity index (χ4n) is 2.76. The zero-order valence-corrected chi connectivity index (χ0v) is 12.2. The quantitative estimate of drug-likeness (QED) is 0.887. The Balaban J connectivity index is 2.37. The maximum Gasteiger partial charge on any atom is 0.146 e. The fourth-order valence-corrected chi connectivity index (χ4v) is 2.76. The summed E-state index contributed by atoms with van der Waals surface area (Å²) in [6.45, 7) is 6.63. The molecule has 0 spiro atoms. The van der Waals surface area contributed by atoms with Gasteiger partial charge in [0.25, 0.3) is 0 Å². The van der Waals surface area contributed by atoms with E-state index >= 15 is 0 Å². The summed E-state index contributed by atoms with van der Waals surface area (Å²) in [6, 6.07) is 10.9. The Morgan fingerprint density at radius 2 is 1.70 bits per heavy atom. The molecule has 2 aromatic carbocycles. The first-order valence-corrected chi connectivity index (χ1v) is 6.81. The third-order valence-electron chi connectivity index (χ3n) is 3.53. The third-order valence-corrected chi connectivity index (χ3v) is 3.53. The SMILES string of the molecule is Cc1cc(C)c(C(CN)Nc2ccccc2F)c(C)c1. The zero-order valence-electron chi connectivity index (χ0n) is 12.2. The van der Waals surface area contributed by atoms with E-state index in [9.17, 15) is 4.39 Å². The van der Waals surface area contributed by atoms with Crippen LogP contribution >= 0.6 is 0 Å². The van der Waals surface area contributed by atoms with Crippen molar-refractivity contribution in [3.05, 3.63) is 64.5 Å². The van der Waals surface area contributed by atoms with Crippen LogP contribution in [0.5, 0.6) is 0 Å². The lowest BCUT2D eigenvalue weighted by molar-refractivity contribution is 0.625. The molecule has 0 fully saturated rings. The lowest BCUT2D eigenvalue weighted by Gasteiger charge is -2.23. The summed E-state index contributed by atoms with van der Waals surface area (Å²) >= 11 is 0. The van der Waals surface area contributed by atoms with Crippen molar-refractivity contribution in [2.24, 2.45) is 5.73 Å². The molecule has 0 saturated heterocycles. The number of hydrogen-bond donors (Lipinski definition) is 2. The number of aryl methyl sites for hydroxylation is 3. The van der Waals surface area contributed by atoms with Crippen molar-refractivity contribution in [3.8, 4) is 0 Å². The zero-order chi connectivity index (χ0) is 14.7. The van der Waals surface area contributed by atoms with Crippen LogP contribution in [0.3, 0.4) is 0 Å². The Hall–Kier alpha value is -1.87.